The highest BCUT2D eigenvalue weighted by atomic mass is 35.5. The summed E-state index contributed by atoms with van der Waals surface area (Å²) in [4.78, 5) is 20.0. The van der Waals surface area contributed by atoms with E-state index in [0.717, 1.165) is 19.4 Å². The first kappa shape index (κ1) is 13.0. The lowest BCUT2D eigenvalue weighted by atomic mass is 10.2. The summed E-state index contributed by atoms with van der Waals surface area (Å²) in [6.45, 7) is 0.915. The molecule has 0 aliphatic carbocycles. The molecule has 1 aliphatic heterocycles. The number of anilines is 1. The van der Waals surface area contributed by atoms with Crippen molar-refractivity contribution in [2.45, 2.75) is 18.9 Å². The van der Waals surface area contributed by atoms with E-state index >= 15 is 0 Å². The van der Waals surface area contributed by atoms with E-state index in [1.807, 2.05) is 0 Å². The third kappa shape index (κ3) is 2.63. The fraction of sp³-hybridized carbons (Fsp3) is 0.333. The van der Waals surface area contributed by atoms with Crippen LogP contribution < -0.4 is 10.6 Å². The molecule has 3 heterocycles. The van der Waals surface area contributed by atoms with E-state index in [4.69, 9.17) is 16.1 Å². The smallest absolute Gasteiger partial charge is 0.298 e. The minimum absolute atomic E-state index is 0.0301. The molecule has 8 heteroatoms. The Hall–Kier alpha value is -1.99. The molecule has 3 rings (SSSR count). The second-order valence-corrected chi connectivity index (χ2v) is 4.80. The second-order valence-electron chi connectivity index (χ2n) is 4.39. The first-order valence-electron chi connectivity index (χ1n) is 6.23. The van der Waals surface area contributed by atoms with Gasteiger partial charge in [-0.1, -0.05) is 16.8 Å². The van der Waals surface area contributed by atoms with Crippen LogP contribution >= 0.6 is 11.6 Å². The van der Waals surface area contributed by atoms with Gasteiger partial charge in [0.1, 0.15) is 0 Å². The summed E-state index contributed by atoms with van der Waals surface area (Å²) in [6.07, 6.45) is 3.51. The molecule has 0 aromatic carbocycles. The molecule has 0 saturated carbocycles. The molecule has 2 aromatic rings. The minimum Gasteiger partial charge on any atom is -0.337 e. The van der Waals surface area contributed by atoms with Gasteiger partial charge in [0.15, 0.2) is 5.82 Å². The number of carbonyl (C=O) groups is 1. The molecule has 1 saturated heterocycles. The summed E-state index contributed by atoms with van der Waals surface area (Å²) in [5.41, 5.74) is 0. The number of carbonyl (C=O) groups excluding carboxylic acids is 1. The monoisotopic (exact) mass is 293 g/mol. The van der Waals surface area contributed by atoms with Crippen LogP contribution in [0.4, 0.5) is 5.82 Å². The lowest BCUT2D eigenvalue weighted by Gasteiger charge is -2.03. The number of hydrogen-bond acceptors (Lipinski definition) is 6. The van der Waals surface area contributed by atoms with Gasteiger partial charge in [-0.05, 0) is 31.5 Å². The Morgan fingerprint density at radius 3 is 3.20 bits per heavy atom. The average Bonchev–Trinajstić information content (AvgIpc) is 3.11. The SMILES string of the molecule is O=C(Nc1ncccc1Cl)c1noc(C2CCCN2)n1. The number of pyridine rings is 1. The van der Waals surface area contributed by atoms with Crippen molar-refractivity contribution in [3.63, 3.8) is 0 Å². The van der Waals surface area contributed by atoms with Crippen LogP contribution in [0.1, 0.15) is 35.4 Å². The minimum atomic E-state index is -0.501. The zero-order valence-corrected chi connectivity index (χ0v) is 11.2. The van der Waals surface area contributed by atoms with Gasteiger partial charge in [-0.25, -0.2) is 4.98 Å². The van der Waals surface area contributed by atoms with Crippen molar-refractivity contribution < 1.29 is 9.32 Å². The van der Waals surface area contributed by atoms with E-state index in [1.165, 1.54) is 6.20 Å². The van der Waals surface area contributed by atoms with Crippen LogP contribution in [0, 0.1) is 0 Å². The number of rotatable bonds is 3. The van der Waals surface area contributed by atoms with Crippen LogP contribution in [-0.4, -0.2) is 27.6 Å². The van der Waals surface area contributed by atoms with Crippen molar-refractivity contribution >= 4 is 23.3 Å². The summed E-state index contributed by atoms with van der Waals surface area (Å²) in [5.74, 6) is 0.165. The van der Waals surface area contributed by atoms with Gasteiger partial charge in [-0.15, -0.1) is 0 Å². The van der Waals surface area contributed by atoms with E-state index < -0.39 is 5.91 Å². The Kier molecular flexibility index (Phi) is 3.62. The first-order valence-corrected chi connectivity index (χ1v) is 6.60. The van der Waals surface area contributed by atoms with Crippen molar-refractivity contribution in [3.05, 3.63) is 35.1 Å². The lowest BCUT2D eigenvalue weighted by Crippen LogP contribution is -2.16. The zero-order valence-electron chi connectivity index (χ0n) is 10.5. The van der Waals surface area contributed by atoms with Gasteiger partial charge in [-0.2, -0.15) is 4.98 Å². The fourth-order valence-electron chi connectivity index (χ4n) is 2.01. The van der Waals surface area contributed by atoms with E-state index in [2.05, 4.69) is 25.8 Å². The van der Waals surface area contributed by atoms with Crippen molar-refractivity contribution in [2.75, 3.05) is 11.9 Å². The molecule has 0 radical (unpaired) electrons. The topological polar surface area (TPSA) is 92.9 Å². The van der Waals surface area contributed by atoms with E-state index in [1.54, 1.807) is 12.1 Å². The highest BCUT2D eigenvalue weighted by Gasteiger charge is 2.24. The predicted molar refractivity (Wildman–Crippen MR) is 71.5 cm³/mol. The summed E-state index contributed by atoms with van der Waals surface area (Å²) in [7, 11) is 0. The molecule has 2 N–H and O–H groups in total. The number of hydrogen-bond donors (Lipinski definition) is 2. The van der Waals surface area contributed by atoms with Gasteiger partial charge in [0.2, 0.25) is 5.89 Å². The molecule has 1 fully saturated rings. The summed E-state index contributed by atoms with van der Waals surface area (Å²) in [5, 5.41) is 9.79. The third-order valence-electron chi connectivity index (χ3n) is 2.99. The van der Waals surface area contributed by atoms with Gasteiger partial charge in [-0.3, -0.25) is 4.79 Å². The molecule has 2 aromatic heterocycles. The largest absolute Gasteiger partial charge is 0.337 e. The van der Waals surface area contributed by atoms with Gasteiger partial charge < -0.3 is 15.2 Å². The summed E-state index contributed by atoms with van der Waals surface area (Å²) < 4.78 is 5.10. The van der Waals surface area contributed by atoms with Gasteiger partial charge >= 0.3 is 0 Å². The molecular formula is C12H12ClN5O2. The van der Waals surface area contributed by atoms with E-state index in [0.29, 0.717) is 10.9 Å². The quantitative estimate of drug-likeness (QED) is 0.896. The highest BCUT2D eigenvalue weighted by molar-refractivity contribution is 6.33. The molecule has 1 aliphatic rings. The maximum absolute atomic E-state index is 12.0. The Balaban J connectivity index is 1.73. The lowest BCUT2D eigenvalue weighted by molar-refractivity contribution is 0.101. The first-order chi connectivity index (χ1) is 9.74. The molecule has 1 atom stereocenters. The maximum Gasteiger partial charge on any atom is 0.298 e. The Morgan fingerprint density at radius 2 is 2.45 bits per heavy atom. The standard InChI is InChI=1S/C12H12ClN5O2/c13-7-3-1-6-15-9(7)16-11(19)10-17-12(20-18-10)8-4-2-5-14-8/h1,3,6,8,14H,2,4-5H2,(H,15,16,19). The van der Waals surface area contributed by atoms with E-state index in [-0.39, 0.29) is 17.7 Å². The number of halogens is 1. The molecule has 1 amide bonds. The van der Waals surface area contributed by atoms with Crippen LogP contribution in [0.25, 0.3) is 0 Å². The van der Waals surface area contributed by atoms with Gasteiger partial charge in [0.05, 0.1) is 11.1 Å². The fourth-order valence-corrected chi connectivity index (χ4v) is 2.17. The van der Waals surface area contributed by atoms with Crippen LogP contribution in [0.3, 0.4) is 0 Å². The van der Waals surface area contributed by atoms with Crippen LogP contribution in [0.2, 0.25) is 5.02 Å². The molecular weight excluding hydrogens is 282 g/mol. The van der Waals surface area contributed by atoms with Crippen LogP contribution in [0.15, 0.2) is 22.9 Å². The number of nitrogens with one attached hydrogen (secondary N) is 2. The highest BCUT2D eigenvalue weighted by Crippen LogP contribution is 2.22. The molecule has 0 spiro atoms. The Morgan fingerprint density at radius 1 is 1.55 bits per heavy atom. The number of aromatic nitrogens is 3. The molecule has 104 valence electrons. The Bertz CT molecular complexity index is 624. The summed E-state index contributed by atoms with van der Waals surface area (Å²) in [6, 6.07) is 3.34. The van der Waals surface area contributed by atoms with Gasteiger partial charge in [0, 0.05) is 6.20 Å². The molecule has 20 heavy (non-hydrogen) atoms. The van der Waals surface area contributed by atoms with E-state index in [9.17, 15) is 4.79 Å². The number of amides is 1. The average molecular weight is 294 g/mol. The summed E-state index contributed by atoms with van der Waals surface area (Å²) >= 11 is 5.91. The van der Waals surface area contributed by atoms with Crippen molar-refractivity contribution in [1.29, 1.82) is 0 Å². The second kappa shape index (κ2) is 5.56. The molecule has 1 unspecified atom stereocenters. The molecule has 7 nitrogen and oxygen atoms in total. The van der Waals surface area contributed by atoms with Crippen molar-refractivity contribution in [1.82, 2.24) is 20.4 Å². The van der Waals surface area contributed by atoms with Gasteiger partial charge in [0.25, 0.3) is 11.7 Å². The Labute approximate surface area is 119 Å². The normalized spacial score (nSPS) is 18.1. The predicted octanol–water partition coefficient (Wildman–Crippen LogP) is 1.79. The zero-order chi connectivity index (χ0) is 13.9. The third-order valence-corrected chi connectivity index (χ3v) is 3.30. The maximum atomic E-state index is 12.0. The van der Waals surface area contributed by atoms with Crippen molar-refractivity contribution in [2.24, 2.45) is 0 Å². The van der Waals surface area contributed by atoms with Crippen LogP contribution in [0.5, 0.6) is 0 Å². The number of nitrogens with zero attached hydrogens (tertiary/aromatic N) is 3. The molecule has 0 bridgehead atoms. The van der Waals surface area contributed by atoms with Crippen LogP contribution in [-0.2, 0) is 0 Å². The van der Waals surface area contributed by atoms with Crippen molar-refractivity contribution in [3.8, 4) is 0 Å².